The van der Waals surface area contributed by atoms with Crippen LogP contribution in [0.25, 0.3) is 0 Å². The highest BCUT2D eigenvalue weighted by atomic mass is 16.5. The molecule has 3 unspecified atom stereocenters. The minimum Gasteiger partial charge on any atom is -0.389 e. The highest BCUT2D eigenvalue weighted by molar-refractivity contribution is 4.95. The van der Waals surface area contributed by atoms with Gasteiger partial charge in [0.2, 0.25) is 0 Å². The number of rotatable bonds is 8. The molecule has 1 fully saturated rings. The average molecular weight is 281 g/mol. The topological polar surface area (TPSA) is 41.5 Å². The number of ether oxygens (including phenoxy) is 1. The van der Waals surface area contributed by atoms with Crippen LogP contribution in [0.4, 0.5) is 0 Å². The number of allylic oxidation sites excluding steroid dienone is 2. The van der Waals surface area contributed by atoms with Crippen LogP contribution in [0.3, 0.4) is 0 Å². The summed E-state index contributed by atoms with van der Waals surface area (Å²) in [6, 6.07) is 0. The van der Waals surface area contributed by atoms with E-state index in [0.717, 1.165) is 25.4 Å². The van der Waals surface area contributed by atoms with E-state index in [0.29, 0.717) is 25.0 Å². The Morgan fingerprint density at radius 1 is 1.30 bits per heavy atom. The summed E-state index contributed by atoms with van der Waals surface area (Å²) in [6.45, 7) is 8.59. The molecular weight excluding hydrogens is 250 g/mol. The van der Waals surface area contributed by atoms with E-state index >= 15 is 0 Å². The zero-order valence-electron chi connectivity index (χ0n) is 13.3. The molecule has 0 aromatic heterocycles. The Hall–Kier alpha value is -0.380. The van der Waals surface area contributed by atoms with Crippen LogP contribution in [-0.4, -0.2) is 36.5 Å². The zero-order chi connectivity index (χ0) is 14.6. The van der Waals surface area contributed by atoms with E-state index in [2.05, 4.69) is 38.2 Å². The van der Waals surface area contributed by atoms with Gasteiger partial charge < -0.3 is 15.2 Å². The van der Waals surface area contributed by atoms with Crippen molar-refractivity contribution in [3.8, 4) is 0 Å². The van der Waals surface area contributed by atoms with Crippen LogP contribution < -0.4 is 5.32 Å². The summed E-state index contributed by atoms with van der Waals surface area (Å²) >= 11 is 0. The molecular formula is C17H31NO2. The van der Waals surface area contributed by atoms with E-state index in [-0.39, 0.29) is 5.54 Å². The van der Waals surface area contributed by atoms with E-state index in [1.54, 1.807) is 0 Å². The molecule has 2 aliphatic carbocycles. The first-order valence-electron chi connectivity index (χ1n) is 8.15. The van der Waals surface area contributed by atoms with Crippen LogP contribution >= 0.6 is 0 Å². The van der Waals surface area contributed by atoms with Crippen molar-refractivity contribution in [1.82, 2.24) is 5.32 Å². The molecule has 0 heterocycles. The number of nitrogens with one attached hydrogen (secondary N) is 1. The predicted octanol–water partition coefficient (Wildman–Crippen LogP) is 2.74. The molecule has 3 atom stereocenters. The number of β-amino-alcohol motifs (C(OH)–C–C–N with tert-alkyl or cyclic N) is 1. The number of hydrogen-bond donors (Lipinski definition) is 2. The summed E-state index contributed by atoms with van der Waals surface area (Å²) in [5.74, 6) is 2.10. The maximum atomic E-state index is 10.0. The molecule has 116 valence electrons. The van der Waals surface area contributed by atoms with Crippen LogP contribution in [0.5, 0.6) is 0 Å². The fraction of sp³-hybridized carbons (Fsp3) is 0.882. The second-order valence-electron chi connectivity index (χ2n) is 7.25. The van der Waals surface area contributed by atoms with Crippen molar-refractivity contribution in [3.63, 3.8) is 0 Å². The molecule has 0 aromatic rings. The van der Waals surface area contributed by atoms with Crippen molar-refractivity contribution in [2.24, 2.45) is 17.8 Å². The molecule has 0 spiro atoms. The number of aliphatic hydroxyl groups excluding tert-OH is 1. The zero-order valence-corrected chi connectivity index (χ0v) is 13.3. The predicted molar refractivity (Wildman–Crippen MR) is 82.7 cm³/mol. The Bertz CT molecular complexity index is 323. The molecule has 0 radical (unpaired) electrons. The standard InChI is InChI=1S/C17H31NO2/c1-13-6-4-5-7-14(13)11-20-12-16(19)10-18-17(2,3)15-8-9-15/h4-5,13-16,18-19H,6-12H2,1-3H3. The molecule has 2 aliphatic rings. The lowest BCUT2D eigenvalue weighted by atomic mass is 9.85. The highest BCUT2D eigenvalue weighted by Crippen LogP contribution is 2.39. The van der Waals surface area contributed by atoms with Crippen LogP contribution in [0.1, 0.15) is 46.5 Å². The van der Waals surface area contributed by atoms with Crippen molar-refractivity contribution in [1.29, 1.82) is 0 Å². The van der Waals surface area contributed by atoms with E-state index in [4.69, 9.17) is 4.74 Å². The molecule has 3 heteroatoms. The average Bonchev–Trinajstić information content (AvgIpc) is 3.23. The van der Waals surface area contributed by atoms with Gasteiger partial charge in [0, 0.05) is 12.1 Å². The van der Waals surface area contributed by atoms with E-state index in [1.807, 2.05) is 0 Å². The molecule has 0 saturated heterocycles. The van der Waals surface area contributed by atoms with E-state index in [9.17, 15) is 5.11 Å². The van der Waals surface area contributed by atoms with Gasteiger partial charge in [0.15, 0.2) is 0 Å². The minimum absolute atomic E-state index is 0.156. The summed E-state index contributed by atoms with van der Waals surface area (Å²) in [5, 5.41) is 13.5. The monoisotopic (exact) mass is 281 g/mol. The van der Waals surface area contributed by atoms with Crippen LogP contribution in [-0.2, 0) is 4.74 Å². The number of hydrogen-bond acceptors (Lipinski definition) is 3. The van der Waals surface area contributed by atoms with Crippen molar-refractivity contribution >= 4 is 0 Å². The van der Waals surface area contributed by atoms with Gasteiger partial charge in [-0.1, -0.05) is 19.1 Å². The van der Waals surface area contributed by atoms with Crippen molar-refractivity contribution in [2.75, 3.05) is 19.8 Å². The summed E-state index contributed by atoms with van der Waals surface area (Å²) in [5.41, 5.74) is 0.156. The Kier molecular flexibility index (Phi) is 5.65. The van der Waals surface area contributed by atoms with Gasteiger partial charge in [-0.2, -0.15) is 0 Å². The van der Waals surface area contributed by atoms with Gasteiger partial charge in [0.1, 0.15) is 0 Å². The molecule has 2 rings (SSSR count). The largest absolute Gasteiger partial charge is 0.389 e. The van der Waals surface area contributed by atoms with Crippen LogP contribution in [0, 0.1) is 17.8 Å². The summed E-state index contributed by atoms with van der Waals surface area (Å²) in [6.07, 6.45) is 9.03. The fourth-order valence-corrected chi connectivity index (χ4v) is 2.98. The Labute approximate surface area is 123 Å². The first-order valence-corrected chi connectivity index (χ1v) is 8.15. The molecule has 20 heavy (non-hydrogen) atoms. The fourth-order valence-electron chi connectivity index (χ4n) is 2.98. The molecule has 1 saturated carbocycles. The van der Waals surface area contributed by atoms with Gasteiger partial charge in [-0.25, -0.2) is 0 Å². The highest BCUT2D eigenvalue weighted by Gasteiger charge is 2.37. The normalized spacial score (nSPS) is 28.6. The first kappa shape index (κ1) is 16.0. The Morgan fingerprint density at radius 3 is 2.65 bits per heavy atom. The van der Waals surface area contributed by atoms with Crippen molar-refractivity contribution in [3.05, 3.63) is 12.2 Å². The molecule has 0 aliphatic heterocycles. The molecule has 0 bridgehead atoms. The summed E-state index contributed by atoms with van der Waals surface area (Å²) < 4.78 is 5.72. The third kappa shape index (κ3) is 4.87. The van der Waals surface area contributed by atoms with E-state index < -0.39 is 6.10 Å². The molecule has 2 N–H and O–H groups in total. The summed E-state index contributed by atoms with van der Waals surface area (Å²) in [7, 11) is 0. The lowest BCUT2D eigenvalue weighted by Crippen LogP contribution is -2.46. The Morgan fingerprint density at radius 2 is 2.00 bits per heavy atom. The van der Waals surface area contributed by atoms with Crippen LogP contribution in [0.2, 0.25) is 0 Å². The Balaban J connectivity index is 1.58. The van der Waals surface area contributed by atoms with Gasteiger partial charge in [0.05, 0.1) is 19.3 Å². The third-order valence-electron chi connectivity index (χ3n) is 4.95. The maximum Gasteiger partial charge on any atom is 0.0897 e. The lowest BCUT2D eigenvalue weighted by Gasteiger charge is -2.28. The molecule has 0 amide bonds. The first-order chi connectivity index (χ1) is 9.49. The van der Waals surface area contributed by atoms with Gasteiger partial charge >= 0.3 is 0 Å². The SMILES string of the molecule is CC1CC=CCC1COCC(O)CNC(C)(C)C1CC1. The smallest absolute Gasteiger partial charge is 0.0897 e. The second-order valence-corrected chi connectivity index (χ2v) is 7.25. The van der Waals surface area contributed by atoms with Gasteiger partial charge in [0.25, 0.3) is 0 Å². The van der Waals surface area contributed by atoms with Gasteiger partial charge in [-0.05, 0) is 57.3 Å². The van der Waals surface area contributed by atoms with Gasteiger partial charge in [-0.15, -0.1) is 0 Å². The number of aliphatic hydroxyl groups is 1. The third-order valence-corrected chi connectivity index (χ3v) is 4.95. The van der Waals surface area contributed by atoms with Crippen LogP contribution in [0.15, 0.2) is 12.2 Å². The minimum atomic E-state index is -0.400. The molecule has 0 aromatic carbocycles. The lowest BCUT2D eigenvalue weighted by molar-refractivity contribution is 0.00998. The second kappa shape index (κ2) is 7.06. The summed E-state index contributed by atoms with van der Waals surface area (Å²) in [4.78, 5) is 0. The maximum absolute atomic E-state index is 10.0. The van der Waals surface area contributed by atoms with E-state index in [1.165, 1.54) is 12.8 Å². The van der Waals surface area contributed by atoms with Crippen molar-refractivity contribution in [2.45, 2.75) is 58.1 Å². The van der Waals surface area contributed by atoms with Crippen molar-refractivity contribution < 1.29 is 9.84 Å². The molecule has 3 nitrogen and oxygen atoms in total. The quantitative estimate of drug-likeness (QED) is 0.672. The van der Waals surface area contributed by atoms with Gasteiger partial charge in [-0.3, -0.25) is 0 Å².